The third kappa shape index (κ3) is 4.18. The highest BCUT2D eigenvalue weighted by molar-refractivity contribution is 6.35. The minimum absolute atomic E-state index is 0.0201. The Hall–Kier alpha value is -2.83. The summed E-state index contributed by atoms with van der Waals surface area (Å²) in [5.74, 6) is 0.303. The lowest BCUT2D eigenvalue weighted by atomic mass is 10.2. The van der Waals surface area contributed by atoms with Gasteiger partial charge in [-0.1, -0.05) is 73.4 Å². The van der Waals surface area contributed by atoms with E-state index in [9.17, 15) is 9.59 Å². The highest BCUT2D eigenvalue weighted by Crippen LogP contribution is 2.24. The van der Waals surface area contributed by atoms with E-state index in [0.717, 1.165) is 5.56 Å². The second-order valence-corrected chi connectivity index (χ2v) is 8.72. The van der Waals surface area contributed by atoms with Crippen LogP contribution in [-0.4, -0.2) is 18.7 Å². The molecule has 0 radical (unpaired) electrons. The summed E-state index contributed by atoms with van der Waals surface area (Å²) in [7, 11) is 0. The molecule has 6 nitrogen and oxygen atoms in total. The fraction of sp³-hybridized carbons (Fsp3) is 0.261. The van der Waals surface area contributed by atoms with Crippen LogP contribution in [0, 0.1) is 5.92 Å². The zero-order valence-electron chi connectivity index (χ0n) is 17.3. The van der Waals surface area contributed by atoms with E-state index in [4.69, 9.17) is 23.2 Å². The molecule has 0 atom stereocenters. The smallest absolute Gasteiger partial charge is 0.324 e. The molecule has 8 heteroatoms. The van der Waals surface area contributed by atoms with Crippen molar-refractivity contribution in [1.29, 1.82) is 0 Å². The molecule has 0 aliphatic heterocycles. The van der Waals surface area contributed by atoms with E-state index in [-0.39, 0.29) is 6.54 Å². The first-order chi connectivity index (χ1) is 14.9. The number of hydrogen-bond acceptors (Lipinski definition) is 3. The first kappa shape index (κ1) is 21.4. The van der Waals surface area contributed by atoms with Crippen molar-refractivity contribution in [3.63, 3.8) is 0 Å². The lowest BCUT2D eigenvalue weighted by Crippen LogP contribution is -2.41. The maximum Gasteiger partial charge on any atom is 0.333 e. The van der Waals surface area contributed by atoms with Crippen LogP contribution in [-0.2, 0) is 19.6 Å². The van der Waals surface area contributed by atoms with Crippen molar-refractivity contribution in [3.8, 4) is 0 Å². The predicted molar refractivity (Wildman–Crippen MR) is 124 cm³/mol. The summed E-state index contributed by atoms with van der Waals surface area (Å²) in [5.41, 5.74) is 1.38. The fourth-order valence-corrected chi connectivity index (χ4v) is 4.18. The summed E-state index contributed by atoms with van der Waals surface area (Å²) in [6, 6.07) is 14.7. The summed E-state index contributed by atoms with van der Waals surface area (Å²) in [6.45, 7) is 5.02. The standard InChI is InChI=1S/C23H22Cl2N4O2/c1-15(2)11-27-14-26-21-20(27)22(30)29(13-17-18(24)9-6-10-19(17)25)23(31)28(21)12-16-7-4-3-5-8-16/h3-10,14-15H,11-13H2,1-2H3. The molecule has 0 fully saturated rings. The van der Waals surface area contributed by atoms with Crippen molar-refractivity contribution in [2.45, 2.75) is 33.5 Å². The van der Waals surface area contributed by atoms with E-state index >= 15 is 0 Å². The largest absolute Gasteiger partial charge is 0.333 e. The number of benzene rings is 2. The van der Waals surface area contributed by atoms with Crippen molar-refractivity contribution in [2.24, 2.45) is 5.92 Å². The third-order valence-corrected chi connectivity index (χ3v) is 5.82. The van der Waals surface area contributed by atoms with Crippen molar-refractivity contribution >= 4 is 34.4 Å². The minimum Gasteiger partial charge on any atom is -0.324 e. The topological polar surface area (TPSA) is 61.8 Å². The minimum atomic E-state index is -0.452. The Labute approximate surface area is 189 Å². The van der Waals surface area contributed by atoms with E-state index in [1.165, 1.54) is 9.13 Å². The Morgan fingerprint density at radius 1 is 0.903 bits per heavy atom. The summed E-state index contributed by atoms with van der Waals surface area (Å²) in [5, 5.41) is 0.813. The molecule has 0 saturated carbocycles. The zero-order chi connectivity index (χ0) is 22.1. The lowest BCUT2D eigenvalue weighted by molar-refractivity contribution is 0.529. The SMILES string of the molecule is CC(C)Cn1cnc2c1c(=O)n(Cc1c(Cl)cccc1Cl)c(=O)n2Cc1ccccc1. The van der Waals surface area contributed by atoms with Gasteiger partial charge in [-0.3, -0.25) is 13.9 Å². The molecule has 0 saturated heterocycles. The van der Waals surface area contributed by atoms with Gasteiger partial charge in [-0.15, -0.1) is 0 Å². The van der Waals surface area contributed by atoms with Crippen LogP contribution >= 0.6 is 23.2 Å². The van der Waals surface area contributed by atoms with Gasteiger partial charge in [0.1, 0.15) is 0 Å². The number of imidazole rings is 1. The molecule has 0 aliphatic carbocycles. The van der Waals surface area contributed by atoms with Crippen LogP contribution in [0.3, 0.4) is 0 Å². The third-order valence-electron chi connectivity index (χ3n) is 5.11. The average molecular weight is 457 g/mol. The second-order valence-electron chi connectivity index (χ2n) is 7.91. The van der Waals surface area contributed by atoms with E-state index in [2.05, 4.69) is 18.8 Å². The quantitative estimate of drug-likeness (QED) is 0.431. The molecule has 160 valence electrons. The Bertz CT molecular complexity index is 1330. The average Bonchev–Trinajstić information content (AvgIpc) is 3.14. The molecule has 0 spiro atoms. The fourth-order valence-electron chi connectivity index (χ4n) is 3.66. The molecule has 0 N–H and O–H groups in total. The van der Waals surface area contributed by atoms with Crippen LogP contribution in [0.2, 0.25) is 10.0 Å². The number of rotatable bonds is 6. The first-order valence-electron chi connectivity index (χ1n) is 10.0. The van der Waals surface area contributed by atoms with E-state index in [1.54, 1.807) is 24.5 Å². The van der Waals surface area contributed by atoms with Gasteiger partial charge in [-0.05, 0) is 23.6 Å². The Morgan fingerprint density at radius 2 is 1.58 bits per heavy atom. The number of nitrogens with zero attached hydrogens (tertiary/aromatic N) is 4. The van der Waals surface area contributed by atoms with Gasteiger partial charge in [0.25, 0.3) is 5.56 Å². The highest BCUT2D eigenvalue weighted by Gasteiger charge is 2.20. The molecule has 0 unspecified atom stereocenters. The molecule has 4 rings (SSSR count). The molecular formula is C23H22Cl2N4O2. The first-order valence-corrected chi connectivity index (χ1v) is 10.8. The molecule has 0 bridgehead atoms. The number of hydrogen-bond donors (Lipinski definition) is 0. The van der Waals surface area contributed by atoms with Crippen LogP contribution < -0.4 is 11.2 Å². The van der Waals surface area contributed by atoms with Crippen LogP contribution in [0.4, 0.5) is 0 Å². The number of fused-ring (bicyclic) bond motifs is 1. The van der Waals surface area contributed by atoms with E-state index in [1.807, 2.05) is 34.9 Å². The summed E-state index contributed by atoms with van der Waals surface area (Å²) in [4.78, 5) is 31.3. The molecule has 31 heavy (non-hydrogen) atoms. The molecule has 2 aromatic heterocycles. The van der Waals surface area contributed by atoms with Gasteiger partial charge in [-0.2, -0.15) is 0 Å². The van der Waals surface area contributed by atoms with Gasteiger partial charge >= 0.3 is 5.69 Å². The van der Waals surface area contributed by atoms with Gasteiger partial charge in [0, 0.05) is 22.2 Å². The molecular weight excluding hydrogens is 435 g/mol. The molecule has 2 aromatic carbocycles. The Morgan fingerprint density at radius 3 is 2.23 bits per heavy atom. The van der Waals surface area contributed by atoms with Crippen molar-refractivity contribution in [3.05, 3.63) is 96.9 Å². The van der Waals surface area contributed by atoms with Crippen LogP contribution in [0.5, 0.6) is 0 Å². The van der Waals surface area contributed by atoms with Crippen LogP contribution in [0.25, 0.3) is 11.2 Å². The van der Waals surface area contributed by atoms with E-state index in [0.29, 0.717) is 45.8 Å². The van der Waals surface area contributed by atoms with Gasteiger partial charge in [0.05, 0.1) is 19.4 Å². The Balaban J connectivity index is 1.96. The predicted octanol–water partition coefficient (Wildman–Crippen LogP) is 4.42. The van der Waals surface area contributed by atoms with E-state index < -0.39 is 11.2 Å². The second kappa shape index (κ2) is 8.73. The Kier molecular flexibility index (Phi) is 6.03. The molecule has 2 heterocycles. The van der Waals surface area contributed by atoms with Crippen molar-refractivity contribution < 1.29 is 0 Å². The molecule has 0 aliphatic rings. The van der Waals surface area contributed by atoms with Gasteiger partial charge in [0.2, 0.25) is 0 Å². The van der Waals surface area contributed by atoms with Crippen LogP contribution in [0.15, 0.2) is 64.4 Å². The molecule has 4 aromatic rings. The highest BCUT2D eigenvalue weighted by atomic mass is 35.5. The van der Waals surface area contributed by atoms with Gasteiger partial charge < -0.3 is 4.57 Å². The lowest BCUT2D eigenvalue weighted by Gasteiger charge is -2.14. The zero-order valence-corrected chi connectivity index (χ0v) is 18.8. The molecule has 0 amide bonds. The van der Waals surface area contributed by atoms with Crippen LogP contribution in [0.1, 0.15) is 25.0 Å². The van der Waals surface area contributed by atoms with Crippen molar-refractivity contribution in [1.82, 2.24) is 18.7 Å². The summed E-state index contributed by atoms with van der Waals surface area (Å²) in [6.07, 6.45) is 1.62. The van der Waals surface area contributed by atoms with Crippen molar-refractivity contribution in [2.75, 3.05) is 0 Å². The van der Waals surface area contributed by atoms with Gasteiger partial charge in [-0.25, -0.2) is 9.78 Å². The summed E-state index contributed by atoms with van der Waals surface area (Å²) < 4.78 is 4.54. The number of aromatic nitrogens is 4. The maximum atomic E-state index is 13.5. The van der Waals surface area contributed by atoms with Gasteiger partial charge in [0.15, 0.2) is 11.2 Å². The summed E-state index contributed by atoms with van der Waals surface area (Å²) >= 11 is 12.6. The maximum absolute atomic E-state index is 13.5. The monoisotopic (exact) mass is 456 g/mol. The number of halogens is 2. The normalized spacial score (nSPS) is 11.5.